The summed E-state index contributed by atoms with van der Waals surface area (Å²) in [5.41, 5.74) is 0. The number of hydrogen-bond acceptors (Lipinski definition) is 5. The van der Waals surface area contributed by atoms with Crippen LogP contribution < -0.4 is 10.6 Å². The van der Waals surface area contributed by atoms with Gasteiger partial charge in [-0.15, -0.1) is 0 Å². The number of esters is 1. The van der Waals surface area contributed by atoms with Crippen molar-refractivity contribution in [3.63, 3.8) is 0 Å². The lowest BCUT2D eigenvalue weighted by atomic mass is 10.2. The van der Waals surface area contributed by atoms with E-state index in [9.17, 15) is 9.59 Å². The molecule has 6 heteroatoms. The molecule has 1 heterocycles. The number of amides is 1. The second-order valence-electron chi connectivity index (χ2n) is 3.94. The maximum absolute atomic E-state index is 11.5. The molecule has 17 heavy (non-hydrogen) atoms. The first kappa shape index (κ1) is 13.9. The summed E-state index contributed by atoms with van der Waals surface area (Å²) < 4.78 is 4.98. The minimum absolute atomic E-state index is 0.184. The largest absolute Gasteiger partial charge is 0.465 e. The number of nitrogens with zero attached hydrogens (tertiary/aromatic N) is 1. The monoisotopic (exact) mass is 242 g/mol. The Morgan fingerprint density at radius 3 is 3.18 bits per heavy atom. The van der Waals surface area contributed by atoms with E-state index in [4.69, 9.17) is 4.74 Å². The summed E-state index contributed by atoms with van der Waals surface area (Å²) in [5, 5.41) is 5.64. The van der Waals surface area contributed by atoms with Crippen molar-refractivity contribution < 1.29 is 14.3 Å². The van der Waals surface area contributed by atoms with Crippen LogP contribution in [0.25, 0.3) is 0 Å². The fourth-order valence-corrected chi connectivity index (χ4v) is 1.86. The van der Waals surface area contributed by atoms with Crippen molar-refractivity contribution in [2.75, 3.05) is 39.3 Å². The van der Waals surface area contributed by atoms with Gasteiger partial charge >= 0.3 is 12.4 Å². The lowest BCUT2D eigenvalue weighted by molar-refractivity contribution is -0.146. The average molecular weight is 242 g/mol. The van der Waals surface area contributed by atoms with Crippen molar-refractivity contribution >= 4 is 12.4 Å². The maximum Gasteiger partial charge on any atom is 0.324 e. The third-order valence-electron chi connectivity index (χ3n) is 2.68. The molecule has 97 valence electrons. The summed E-state index contributed by atoms with van der Waals surface area (Å²) in [6.45, 7) is 6.08. The topological polar surface area (TPSA) is 70.7 Å². The molecule has 0 aromatic heterocycles. The Morgan fingerprint density at radius 2 is 2.47 bits per heavy atom. The van der Waals surface area contributed by atoms with E-state index in [0.29, 0.717) is 19.7 Å². The molecular formula is C11H20N3O3. The minimum Gasteiger partial charge on any atom is -0.465 e. The molecule has 1 saturated heterocycles. The molecule has 1 aliphatic heterocycles. The van der Waals surface area contributed by atoms with Gasteiger partial charge in [0, 0.05) is 26.2 Å². The third kappa shape index (κ3) is 5.14. The fraction of sp³-hybridized carbons (Fsp3) is 0.818. The van der Waals surface area contributed by atoms with E-state index < -0.39 is 0 Å². The van der Waals surface area contributed by atoms with Crippen molar-refractivity contribution in [3.8, 4) is 0 Å². The second-order valence-corrected chi connectivity index (χ2v) is 3.94. The molecule has 1 unspecified atom stereocenters. The minimum atomic E-state index is -0.228. The summed E-state index contributed by atoms with van der Waals surface area (Å²) in [6.07, 6.45) is 2.51. The summed E-state index contributed by atoms with van der Waals surface area (Å²) in [5.74, 6) is -0.184. The highest BCUT2D eigenvalue weighted by molar-refractivity contribution is 5.76. The Morgan fingerprint density at radius 1 is 1.65 bits per heavy atom. The van der Waals surface area contributed by atoms with Gasteiger partial charge in [-0.2, -0.15) is 0 Å². The predicted octanol–water partition coefficient (Wildman–Crippen LogP) is -1.13. The molecule has 1 atom stereocenters. The number of carbonyl (C=O) groups is 1. The quantitative estimate of drug-likeness (QED) is 0.336. The van der Waals surface area contributed by atoms with Crippen LogP contribution in [0.1, 0.15) is 13.3 Å². The van der Waals surface area contributed by atoms with E-state index in [1.54, 1.807) is 13.3 Å². The summed E-state index contributed by atoms with van der Waals surface area (Å²) in [6, 6.07) is -0.228. The molecule has 1 radical (unpaired) electrons. The molecule has 0 aliphatic carbocycles. The molecule has 1 rings (SSSR count). The third-order valence-corrected chi connectivity index (χ3v) is 2.68. The number of piperazine rings is 1. The zero-order chi connectivity index (χ0) is 12.5. The van der Waals surface area contributed by atoms with Crippen molar-refractivity contribution in [2.45, 2.75) is 19.4 Å². The van der Waals surface area contributed by atoms with Crippen LogP contribution in [0, 0.1) is 0 Å². The first-order valence-corrected chi connectivity index (χ1v) is 6.00. The first-order valence-electron chi connectivity index (χ1n) is 6.00. The SMILES string of the molecule is CCOC(=O)C1CN(CCCN[C]=O)CCN1. The zero-order valence-corrected chi connectivity index (χ0v) is 10.2. The Labute approximate surface area is 102 Å². The van der Waals surface area contributed by atoms with E-state index >= 15 is 0 Å². The van der Waals surface area contributed by atoms with Gasteiger partial charge in [-0.25, -0.2) is 0 Å². The number of hydrogen-bond donors (Lipinski definition) is 2. The van der Waals surface area contributed by atoms with Crippen molar-refractivity contribution in [2.24, 2.45) is 0 Å². The van der Waals surface area contributed by atoms with Crippen LogP contribution in [0.5, 0.6) is 0 Å². The van der Waals surface area contributed by atoms with E-state index in [1.165, 1.54) is 0 Å². The Kier molecular flexibility index (Phi) is 6.57. The molecule has 0 spiro atoms. The van der Waals surface area contributed by atoms with Crippen LogP contribution in [0.4, 0.5) is 0 Å². The molecule has 1 amide bonds. The van der Waals surface area contributed by atoms with Crippen LogP contribution >= 0.6 is 0 Å². The number of carbonyl (C=O) groups excluding carboxylic acids is 2. The lowest BCUT2D eigenvalue weighted by Crippen LogP contribution is -2.54. The van der Waals surface area contributed by atoms with Crippen LogP contribution in [-0.2, 0) is 14.3 Å². The molecule has 6 nitrogen and oxygen atoms in total. The van der Waals surface area contributed by atoms with Gasteiger partial charge in [-0.1, -0.05) is 0 Å². The fourth-order valence-electron chi connectivity index (χ4n) is 1.86. The van der Waals surface area contributed by atoms with Crippen molar-refractivity contribution in [1.82, 2.24) is 15.5 Å². The van der Waals surface area contributed by atoms with Gasteiger partial charge in [0.25, 0.3) is 0 Å². The molecular weight excluding hydrogens is 222 g/mol. The smallest absolute Gasteiger partial charge is 0.324 e. The van der Waals surface area contributed by atoms with Crippen molar-refractivity contribution in [3.05, 3.63) is 0 Å². The summed E-state index contributed by atoms with van der Waals surface area (Å²) in [7, 11) is 0. The zero-order valence-electron chi connectivity index (χ0n) is 10.2. The molecule has 0 saturated carbocycles. The molecule has 0 aromatic rings. The molecule has 1 aliphatic rings. The highest BCUT2D eigenvalue weighted by Gasteiger charge is 2.25. The van der Waals surface area contributed by atoms with Gasteiger partial charge < -0.3 is 15.4 Å². The van der Waals surface area contributed by atoms with Crippen LogP contribution in [0.3, 0.4) is 0 Å². The van der Waals surface area contributed by atoms with Gasteiger partial charge in [0.15, 0.2) is 0 Å². The van der Waals surface area contributed by atoms with E-state index in [2.05, 4.69) is 15.5 Å². The molecule has 0 bridgehead atoms. The number of ether oxygens (including phenoxy) is 1. The Hall–Kier alpha value is -1.14. The summed E-state index contributed by atoms with van der Waals surface area (Å²) in [4.78, 5) is 23.7. The number of nitrogens with one attached hydrogen (secondary N) is 2. The normalized spacial score (nSPS) is 20.9. The van der Waals surface area contributed by atoms with Crippen LogP contribution in [0.2, 0.25) is 0 Å². The molecule has 0 aromatic carbocycles. The van der Waals surface area contributed by atoms with E-state index in [0.717, 1.165) is 26.1 Å². The molecule has 2 N–H and O–H groups in total. The first-order chi connectivity index (χ1) is 8.27. The van der Waals surface area contributed by atoms with Crippen molar-refractivity contribution in [1.29, 1.82) is 0 Å². The van der Waals surface area contributed by atoms with E-state index in [1.807, 2.05) is 0 Å². The van der Waals surface area contributed by atoms with E-state index in [-0.39, 0.29) is 12.0 Å². The van der Waals surface area contributed by atoms with Crippen LogP contribution in [0.15, 0.2) is 0 Å². The average Bonchev–Trinajstić information content (AvgIpc) is 2.35. The van der Waals surface area contributed by atoms with Crippen LogP contribution in [-0.4, -0.2) is 62.7 Å². The van der Waals surface area contributed by atoms with Gasteiger partial charge in [-0.3, -0.25) is 14.5 Å². The Balaban J connectivity index is 2.23. The van der Waals surface area contributed by atoms with Gasteiger partial charge in [0.2, 0.25) is 0 Å². The summed E-state index contributed by atoms with van der Waals surface area (Å²) >= 11 is 0. The molecule has 1 fully saturated rings. The van der Waals surface area contributed by atoms with Gasteiger partial charge in [0.05, 0.1) is 6.61 Å². The Bertz CT molecular complexity index is 248. The van der Waals surface area contributed by atoms with Gasteiger partial charge in [0.1, 0.15) is 6.04 Å². The second kappa shape index (κ2) is 8.03. The van der Waals surface area contributed by atoms with Gasteiger partial charge in [-0.05, 0) is 19.9 Å². The lowest BCUT2D eigenvalue weighted by Gasteiger charge is -2.32. The highest BCUT2D eigenvalue weighted by Crippen LogP contribution is 2.02. The maximum atomic E-state index is 11.5. The standard InChI is InChI=1S/C11H20N3O3/c1-2-17-11(16)10-8-14(7-5-13-10)6-3-4-12-9-15/h10,13H,2-8H2,1H3,(H,12,15). The highest BCUT2D eigenvalue weighted by atomic mass is 16.5. The number of rotatable bonds is 7. The predicted molar refractivity (Wildman–Crippen MR) is 63.2 cm³/mol.